The number of nitriles is 1. The molecule has 20 heavy (non-hydrogen) atoms. The zero-order valence-corrected chi connectivity index (χ0v) is 11.9. The molecule has 0 aliphatic heterocycles. The van der Waals surface area contributed by atoms with Crippen LogP contribution in [0.4, 0.5) is 0 Å². The van der Waals surface area contributed by atoms with Crippen LogP contribution in [0.15, 0.2) is 24.3 Å². The monoisotopic (exact) mass is 271 g/mol. The van der Waals surface area contributed by atoms with Crippen LogP contribution in [-0.4, -0.2) is 16.4 Å². The lowest BCUT2D eigenvalue weighted by molar-refractivity contribution is 0.317. The summed E-state index contributed by atoms with van der Waals surface area (Å²) in [5, 5.41) is 13.3. The lowest BCUT2D eigenvalue weighted by atomic mass is 10.3. The van der Waals surface area contributed by atoms with Gasteiger partial charge in [0.25, 0.3) is 0 Å². The number of rotatable bonds is 5. The van der Waals surface area contributed by atoms with Gasteiger partial charge in [-0.05, 0) is 37.6 Å². The SMILES string of the molecule is CCCOc1ccc(Oc2c(C#N)c(C)nn2C)cc1. The van der Waals surface area contributed by atoms with E-state index < -0.39 is 0 Å². The van der Waals surface area contributed by atoms with Crippen LogP contribution in [0.25, 0.3) is 0 Å². The Bertz CT molecular complexity index is 624. The van der Waals surface area contributed by atoms with E-state index in [2.05, 4.69) is 18.1 Å². The van der Waals surface area contributed by atoms with Crippen molar-refractivity contribution in [3.63, 3.8) is 0 Å². The molecule has 1 aromatic carbocycles. The molecule has 0 bridgehead atoms. The van der Waals surface area contributed by atoms with Gasteiger partial charge in [0.15, 0.2) is 0 Å². The molecule has 0 saturated carbocycles. The number of benzene rings is 1. The van der Waals surface area contributed by atoms with E-state index in [-0.39, 0.29) is 0 Å². The van der Waals surface area contributed by atoms with Gasteiger partial charge in [-0.25, -0.2) is 4.68 Å². The Labute approximate surface area is 118 Å². The van der Waals surface area contributed by atoms with Crippen LogP contribution >= 0.6 is 0 Å². The summed E-state index contributed by atoms with van der Waals surface area (Å²) in [5.74, 6) is 1.90. The molecule has 1 heterocycles. The summed E-state index contributed by atoms with van der Waals surface area (Å²) in [4.78, 5) is 0. The molecular formula is C15H17N3O2. The third kappa shape index (κ3) is 2.91. The van der Waals surface area contributed by atoms with Crippen LogP contribution in [0.1, 0.15) is 24.6 Å². The second kappa shape index (κ2) is 6.11. The van der Waals surface area contributed by atoms with Gasteiger partial charge < -0.3 is 9.47 Å². The topological polar surface area (TPSA) is 60.1 Å². The maximum Gasteiger partial charge on any atom is 0.235 e. The zero-order chi connectivity index (χ0) is 14.5. The molecule has 0 saturated heterocycles. The summed E-state index contributed by atoms with van der Waals surface area (Å²) in [6.45, 7) is 4.54. The molecule has 5 nitrogen and oxygen atoms in total. The van der Waals surface area contributed by atoms with Crippen molar-refractivity contribution in [2.75, 3.05) is 6.61 Å². The van der Waals surface area contributed by atoms with E-state index in [1.807, 2.05) is 24.3 Å². The summed E-state index contributed by atoms with van der Waals surface area (Å²) >= 11 is 0. The van der Waals surface area contributed by atoms with Crippen molar-refractivity contribution in [3.05, 3.63) is 35.5 Å². The number of aryl methyl sites for hydroxylation is 2. The van der Waals surface area contributed by atoms with Gasteiger partial charge in [-0.2, -0.15) is 10.4 Å². The van der Waals surface area contributed by atoms with Gasteiger partial charge in [0.2, 0.25) is 5.88 Å². The molecule has 2 aromatic rings. The van der Waals surface area contributed by atoms with Gasteiger partial charge in [0.1, 0.15) is 23.1 Å². The second-order valence-electron chi connectivity index (χ2n) is 4.42. The van der Waals surface area contributed by atoms with Crippen LogP contribution in [0, 0.1) is 18.3 Å². The Morgan fingerprint density at radius 3 is 2.50 bits per heavy atom. The molecule has 104 valence electrons. The average molecular weight is 271 g/mol. The maximum atomic E-state index is 9.13. The van der Waals surface area contributed by atoms with Crippen molar-refractivity contribution in [1.82, 2.24) is 9.78 Å². The summed E-state index contributed by atoms with van der Waals surface area (Å²) in [6.07, 6.45) is 0.970. The highest BCUT2D eigenvalue weighted by Crippen LogP contribution is 2.27. The van der Waals surface area contributed by atoms with Crippen LogP contribution in [0.3, 0.4) is 0 Å². The van der Waals surface area contributed by atoms with E-state index in [0.29, 0.717) is 29.5 Å². The average Bonchev–Trinajstić information content (AvgIpc) is 2.72. The first kappa shape index (κ1) is 13.9. The van der Waals surface area contributed by atoms with Crippen molar-refractivity contribution in [3.8, 4) is 23.4 Å². The van der Waals surface area contributed by atoms with E-state index in [0.717, 1.165) is 12.2 Å². The Balaban J connectivity index is 2.17. The van der Waals surface area contributed by atoms with Crippen molar-refractivity contribution < 1.29 is 9.47 Å². The van der Waals surface area contributed by atoms with Gasteiger partial charge in [-0.1, -0.05) is 6.92 Å². The molecular weight excluding hydrogens is 254 g/mol. The molecule has 0 aliphatic rings. The van der Waals surface area contributed by atoms with E-state index in [1.165, 1.54) is 0 Å². The number of hydrogen-bond acceptors (Lipinski definition) is 4. The minimum absolute atomic E-state index is 0.451. The van der Waals surface area contributed by atoms with E-state index >= 15 is 0 Å². The number of aromatic nitrogens is 2. The Kier molecular flexibility index (Phi) is 4.26. The molecule has 0 fully saturated rings. The van der Waals surface area contributed by atoms with Gasteiger partial charge in [-0.3, -0.25) is 0 Å². The second-order valence-corrected chi connectivity index (χ2v) is 4.42. The first-order valence-corrected chi connectivity index (χ1v) is 6.50. The van der Waals surface area contributed by atoms with Crippen LogP contribution in [0.2, 0.25) is 0 Å². The molecule has 0 unspecified atom stereocenters. The molecule has 0 spiro atoms. The van der Waals surface area contributed by atoms with Gasteiger partial charge in [0, 0.05) is 7.05 Å². The van der Waals surface area contributed by atoms with Crippen molar-refractivity contribution in [2.24, 2.45) is 7.05 Å². The maximum absolute atomic E-state index is 9.13. The third-order valence-electron chi connectivity index (χ3n) is 2.79. The normalized spacial score (nSPS) is 10.1. The predicted octanol–water partition coefficient (Wildman–Crippen LogP) is 3.18. The molecule has 0 amide bonds. The quantitative estimate of drug-likeness (QED) is 0.838. The number of ether oxygens (including phenoxy) is 2. The molecule has 0 N–H and O–H groups in total. The predicted molar refractivity (Wildman–Crippen MR) is 75.0 cm³/mol. The first-order chi connectivity index (χ1) is 9.65. The largest absolute Gasteiger partial charge is 0.494 e. The highest BCUT2D eigenvalue weighted by Gasteiger charge is 2.14. The fourth-order valence-corrected chi connectivity index (χ4v) is 1.82. The minimum Gasteiger partial charge on any atom is -0.494 e. The summed E-state index contributed by atoms with van der Waals surface area (Å²) in [7, 11) is 1.75. The van der Waals surface area contributed by atoms with E-state index in [4.69, 9.17) is 14.7 Å². The Morgan fingerprint density at radius 1 is 1.25 bits per heavy atom. The lowest BCUT2D eigenvalue weighted by Crippen LogP contribution is -1.97. The Hall–Kier alpha value is -2.48. The standard InChI is InChI=1S/C15H17N3O2/c1-4-9-19-12-5-7-13(8-6-12)20-15-14(10-16)11(2)17-18(15)3/h5-8H,4,9H2,1-3H3. The molecule has 0 aliphatic carbocycles. The molecule has 2 rings (SSSR count). The van der Waals surface area contributed by atoms with Crippen LogP contribution in [0.5, 0.6) is 17.4 Å². The highest BCUT2D eigenvalue weighted by atomic mass is 16.5. The molecule has 1 aromatic heterocycles. The molecule has 0 atom stereocenters. The first-order valence-electron chi connectivity index (χ1n) is 6.50. The van der Waals surface area contributed by atoms with E-state index in [1.54, 1.807) is 18.7 Å². The smallest absolute Gasteiger partial charge is 0.235 e. The lowest BCUT2D eigenvalue weighted by Gasteiger charge is -2.08. The highest BCUT2D eigenvalue weighted by molar-refractivity contribution is 5.44. The van der Waals surface area contributed by atoms with Crippen LogP contribution < -0.4 is 9.47 Å². The fourth-order valence-electron chi connectivity index (χ4n) is 1.82. The Morgan fingerprint density at radius 2 is 1.90 bits per heavy atom. The molecule has 0 radical (unpaired) electrons. The van der Waals surface area contributed by atoms with Crippen molar-refractivity contribution in [1.29, 1.82) is 5.26 Å². The van der Waals surface area contributed by atoms with Crippen molar-refractivity contribution in [2.45, 2.75) is 20.3 Å². The summed E-state index contributed by atoms with van der Waals surface area (Å²) in [5.41, 5.74) is 1.12. The zero-order valence-electron chi connectivity index (χ0n) is 11.9. The minimum atomic E-state index is 0.451. The van der Waals surface area contributed by atoms with Gasteiger partial charge in [-0.15, -0.1) is 0 Å². The van der Waals surface area contributed by atoms with Crippen LogP contribution in [-0.2, 0) is 7.05 Å². The number of nitrogens with zero attached hydrogens (tertiary/aromatic N) is 3. The van der Waals surface area contributed by atoms with Crippen molar-refractivity contribution >= 4 is 0 Å². The van der Waals surface area contributed by atoms with Gasteiger partial charge in [0.05, 0.1) is 12.3 Å². The fraction of sp³-hybridized carbons (Fsp3) is 0.333. The third-order valence-corrected chi connectivity index (χ3v) is 2.79. The summed E-state index contributed by atoms with van der Waals surface area (Å²) < 4.78 is 12.8. The van der Waals surface area contributed by atoms with E-state index in [9.17, 15) is 0 Å². The molecule has 5 heteroatoms. The number of hydrogen-bond donors (Lipinski definition) is 0. The van der Waals surface area contributed by atoms with Gasteiger partial charge >= 0.3 is 0 Å². The summed E-state index contributed by atoms with van der Waals surface area (Å²) in [6, 6.07) is 9.43.